The lowest BCUT2D eigenvalue weighted by Crippen LogP contribution is -2.41. The second kappa shape index (κ2) is 10.2. The minimum absolute atomic E-state index is 0.0278. The molecule has 0 bridgehead atoms. The number of nitrogens with one attached hydrogen (secondary N) is 1. The van der Waals surface area contributed by atoms with Crippen LogP contribution >= 0.6 is 22.7 Å². The summed E-state index contributed by atoms with van der Waals surface area (Å²) in [4.78, 5) is 32.3. The van der Waals surface area contributed by atoms with Gasteiger partial charge < -0.3 is 9.32 Å². The van der Waals surface area contributed by atoms with Gasteiger partial charge >= 0.3 is 0 Å². The van der Waals surface area contributed by atoms with Crippen molar-refractivity contribution < 1.29 is 27.6 Å². The lowest BCUT2D eigenvalue weighted by Gasteiger charge is -2.30. The summed E-state index contributed by atoms with van der Waals surface area (Å²) >= 11 is 2.68. The summed E-state index contributed by atoms with van der Waals surface area (Å²) in [5.41, 5.74) is 3.77. The number of nitrogens with zero attached hydrogens (tertiary/aromatic N) is 2. The third-order valence-corrected chi connectivity index (χ3v) is 11.2. The number of oxazole rings is 1. The molecule has 0 radical (unpaired) electrons. The van der Waals surface area contributed by atoms with Gasteiger partial charge in [-0.05, 0) is 47.7 Å². The van der Waals surface area contributed by atoms with Gasteiger partial charge in [-0.15, -0.1) is 11.3 Å². The lowest BCUT2D eigenvalue weighted by molar-refractivity contribution is -0.129. The van der Waals surface area contributed by atoms with E-state index in [-0.39, 0.29) is 31.2 Å². The van der Waals surface area contributed by atoms with E-state index in [1.807, 2.05) is 30.3 Å². The van der Waals surface area contributed by atoms with Crippen molar-refractivity contribution in [1.29, 1.82) is 0 Å². The largest absolute Gasteiger partial charge is 0.445 e. The van der Waals surface area contributed by atoms with Gasteiger partial charge in [0.1, 0.15) is 11.0 Å². The Bertz CT molecular complexity index is 1500. The van der Waals surface area contributed by atoms with Crippen molar-refractivity contribution in [3.8, 4) is 21.9 Å². The van der Waals surface area contributed by atoms with Crippen LogP contribution in [0.15, 0.2) is 70.1 Å². The summed E-state index contributed by atoms with van der Waals surface area (Å²) in [6, 6.07) is 12.8. The number of hydrogen-bond acceptors (Lipinski definition) is 9. The van der Waals surface area contributed by atoms with E-state index in [0.29, 0.717) is 16.3 Å². The van der Waals surface area contributed by atoms with Crippen molar-refractivity contribution in [1.82, 2.24) is 15.4 Å². The smallest absolute Gasteiger partial charge is 0.254 e. The highest BCUT2D eigenvalue weighted by Crippen LogP contribution is 2.45. The number of hydrogen-bond donors (Lipinski definition) is 2. The van der Waals surface area contributed by atoms with E-state index in [0.717, 1.165) is 16.0 Å². The molecule has 37 heavy (non-hydrogen) atoms. The predicted octanol–water partition coefficient (Wildman–Crippen LogP) is 4.18. The number of thiophene rings is 2. The van der Waals surface area contributed by atoms with Crippen LogP contribution in [0, 0.1) is 0 Å². The van der Waals surface area contributed by atoms with Crippen LogP contribution in [0.5, 0.6) is 0 Å². The molecule has 9 nitrogen and oxygen atoms in total. The first-order valence-electron chi connectivity index (χ1n) is 11.4. The molecule has 192 valence electrons. The van der Waals surface area contributed by atoms with Gasteiger partial charge in [-0.3, -0.25) is 14.8 Å². The van der Waals surface area contributed by atoms with Gasteiger partial charge in [0.15, 0.2) is 9.84 Å². The van der Waals surface area contributed by atoms with E-state index in [1.54, 1.807) is 34.6 Å². The van der Waals surface area contributed by atoms with Gasteiger partial charge in [0.05, 0.1) is 23.9 Å². The van der Waals surface area contributed by atoms with E-state index in [4.69, 9.17) is 4.42 Å². The number of amides is 2. The number of hydroxylamine groups is 1. The van der Waals surface area contributed by atoms with Crippen LogP contribution in [0.25, 0.3) is 21.9 Å². The Labute approximate surface area is 221 Å². The maximum Gasteiger partial charge on any atom is 0.254 e. The van der Waals surface area contributed by atoms with E-state index in [1.165, 1.54) is 33.8 Å². The molecule has 3 aromatic heterocycles. The molecule has 5 rings (SSSR count). The first kappa shape index (κ1) is 25.3. The summed E-state index contributed by atoms with van der Waals surface area (Å²) in [6.07, 6.45) is 2.65. The molecule has 1 aromatic carbocycles. The van der Waals surface area contributed by atoms with E-state index in [9.17, 15) is 23.2 Å². The van der Waals surface area contributed by atoms with E-state index < -0.39 is 26.9 Å². The predicted molar refractivity (Wildman–Crippen MR) is 140 cm³/mol. The van der Waals surface area contributed by atoms with Crippen LogP contribution in [0.3, 0.4) is 0 Å². The van der Waals surface area contributed by atoms with Crippen LogP contribution in [-0.4, -0.2) is 54.2 Å². The van der Waals surface area contributed by atoms with Crippen molar-refractivity contribution >= 4 is 44.3 Å². The molecule has 2 amide bonds. The van der Waals surface area contributed by atoms with Gasteiger partial charge in [-0.1, -0.05) is 12.1 Å². The molecular weight excluding hydrogens is 534 g/mol. The minimum Gasteiger partial charge on any atom is -0.445 e. The fraction of sp³-hybridized carbons (Fsp3) is 0.240. The molecule has 1 aliphatic heterocycles. The second-order valence-electron chi connectivity index (χ2n) is 8.66. The van der Waals surface area contributed by atoms with Gasteiger partial charge in [-0.25, -0.2) is 18.9 Å². The second-order valence-corrected chi connectivity index (χ2v) is 12.9. The van der Waals surface area contributed by atoms with Crippen LogP contribution in [0.4, 0.5) is 0 Å². The van der Waals surface area contributed by atoms with E-state index in [2.05, 4.69) is 4.98 Å². The summed E-state index contributed by atoms with van der Waals surface area (Å²) < 4.78 is 31.2. The Morgan fingerprint density at radius 1 is 1.11 bits per heavy atom. The first-order chi connectivity index (χ1) is 17.8. The summed E-state index contributed by atoms with van der Waals surface area (Å²) in [7, 11) is -3.89. The number of carbonyl (C=O) groups is 2. The molecule has 2 N–H and O–H groups in total. The third-order valence-electron chi connectivity index (χ3n) is 6.54. The fourth-order valence-electron chi connectivity index (χ4n) is 4.52. The Morgan fingerprint density at radius 2 is 1.89 bits per heavy atom. The summed E-state index contributed by atoms with van der Waals surface area (Å²) in [5.74, 6) is -0.832. The number of benzene rings is 1. The Kier molecular flexibility index (Phi) is 6.99. The normalized spacial score (nSPS) is 19.3. The number of carbonyl (C=O) groups excluding carboxylic acids is 2. The summed E-state index contributed by atoms with van der Waals surface area (Å²) in [5, 5.41) is 12.8. The monoisotopic (exact) mass is 557 g/mol. The number of rotatable bonds is 6. The standard InChI is InChI=1S/C25H23N3O6S3/c29-22(27-31)15-25(8-10-28(11-14-37(25,32)33)24(30)19-7-13-35-16-19)21-6-5-20(36-21)17-1-3-18(4-2-17)23-26-9-12-34-23/h1-7,9,12-13,16,31H,8,10-11,14-15H2,(H,27,29). The van der Waals surface area contributed by atoms with E-state index >= 15 is 0 Å². The molecule has 4 heterocycles. The van der Waals surface area contributed by atoms with Gasteiger partial charge in [0, 0.05) is 33.8 Å². The zero-order valence-electron chi connectivity index (χ0n) is 19.5. The third kappa shape index (κ3) is 4.85. The van der Waals surface area contributed by atoms with Crippen molar-refractivity contribution in [2.75, 3.05) is 18.8 Å². The van der Waals surface area contributed by atoms with Gasteiger partial charge in [0.25, 0.3) is 5.91 Å². The lowest BCUT2D eigenvalue weighted by atomic mass is 9.97. The molecule has 1 unspecified atom stereocenters. The topological polar surface area (TPSA) is 130 Å². The van der Waals surface area contributed by atoms with Crippen molar-refractivity contribution in [2.45, 2.75) is 17.6 Å². The number of aromatic nitrogens is 1. The SMILES string of the molecule is O=C(CC1(c2ccc(-c3ccc(-c4ncco4)cc3)s2)CCN(C(=O)c2ccsc2)CCS1(=O)=O)NO. The minimum atomic E-state index is -3.89. The highest BCUT2D eigenvalue weighted by molar-refractivity contribution is 7.92. The molecule has 0 aliphatic carbocycles. The van der Waals surface area contributed by atoms with Gasteiger partial charge in [-0.2, -0.15) is 11.3 Å². The first-order valence-corrected chi connectivity index (χ1v) is 14.8. The van der Waals surface area contributed by atoms with Gasteiger partial charge in [0.2, 0.25) is 11.8 Å². The maximum atomic E-state index is 13.7. The molecule has 0 spiro atoms. The molecule has 1 saturated heterocycles. The molecule has 1 fully saturated rings. The molecular formula is C25H23N3O6S3. The van der Waals surface area contributed by atoms with Crippen LogP contribution in [0.1, 0.15) is 28.1 Å². The van der Waals surface area contributed by atoms with Crippen LogP contribution in [-0.2, 0) is 19.4 Å². The number of sulfone groups is 1. The van der Waals surface area contributed by atoms with Crippen LogP contribution in [0.2, 0.25) is 0 Å². The van der Waals surface area contributed by atoms with Crippen molar-refractivity contribution in [2.24, 2.45) is 0 Å². The molecule has 1 aliphatic rings. The van der Waals surface area contributed by atoms with Crippen molar-refractivity contribution in [3.63, 3.8) is 0 Å². The van der Waals surface area contributed by atoms with Crippen LogP contribution < -0.4 is 5.48 Å². The fourth-order valence-corrected chi connectivity index (χ4v) is 8.76. The Morgan fingerprint density at radius 3 is 2.57 bits per heavy atom. The molecule has 12 heteroatoms. The summed E-state index contributed by atoms with van der Waals surface area (Å²) in [6.45, 7) is 0.185. The molecule has 0 saturated carbocycles. The average molecular weight is 558 g/mol. The molecule has 1 atom stereocenters. The highest BCUT2D eigenvalue weighted by atomic mass is 32.2. The Hall–Kier alpha value is -3.32. The Balaban J connectivity index is 1.48. The zero-order chi connectivity index (χ0) is 26.0. The zero-order valence-corrected chi connectivity index (χ0v) is 21.9. The highest BCUT2D eigenvalue weighted by Gasteiger charge is 2.50. The quantitative estimate of drug-likeness (QED) is 0.269. The average Bonchev–Trinajstić information content (AvgIpc) is 3.69. The molecule has 4 aromatic rings. The maximum absolute atomic E-state index is 13.7. The van der Waals surface area contributed by atoms with Crippen molar-refractivity contribution in [3.05, 3.63) is 76.1 Å².